The summed E-state index contributed by atoms with van der Waals surface area (Å²) in [5, 5.41) is 2.40. The van der Waals surface area contributed by atoms with Crippen LogP contribution < -0.4 is 10.3 Å². The fraction of sp³-hybridized carbons (Fsp3) is 0.167. The number of methoxy groups -OCH3 is 1. The zero-order chi connectivity index (χ0) is 25.2. The minimum absolute atomic E-state index is 0.115. The van der Waals surface area contributed by atoms with Crippen LogP contribution in [0.3, 0.4) is 0 Å². The molecule has 0 saturated heterocycles. The number of fused-ring (bicyclic) bond motifs is 2. The first kappa shape index (κ1) is 23.3. The summed E-state index contributed by atoms with van der Waals surface area (Å²) in [4.78, 5) is 34.4. The number of para-hydroxylation sites is 3. The first-order valence-electron chi connectivity index (χ1n) is 12.0. The summed E-state index contributed by atoms with van der Waals surface area (Å²) in [6.45, 7) is 4.29. The maximum absolute atomic E-state index is 13.9. The number of hydrogen-bond acceptors (Lipinski definition) is 4. The van der Waals surface area contributed by atoms with Crippen LogP contribution in [-0.2, 0) is 0 Å². The van der Waals surface area contributed by atoms with Gasteiger partial charge >= 0.3 is 0 Å². The number of hydrogen-bond donors (Lipinski definition) is 0. The summed E-state index contributed by atoms with van der Waals surface area (Å²) >= 11 is 0. The second-order valence-corrected chi connectivity index (χ2v) is 8.59. The van der Waals surface area contributed by atoms with Crippen LogP contribution in [0, 0.1) is 0 Å². The molecule has 5 rings (SSSR count). The summed E-state index contributed by atoms with van der Waals surface area (Å²) in [5.41, 5.74) is 1.58. The van der Waals surface area contributed by atoms with Crippen LogP contribution in [0.25, 0.3) is 27.4 Å². The van der Waals surface area contributed by atoms with Crippen LogP contribution in [0.1, 0.15) is 36.1 Å². The molecule has 0 radical (unpaired) electrons. The number of amides is 1. The summed E-state index contributed by atoms with van der Waals surface area (Å²) in [6.07, 6.45) is 0. The van der Waals surface area contributed by atoms with E-state index >= 15 is 0 Å². The molecule has 1 amide bonds. The first-order valence-corrected chi connectivity index (χ1v) is 12.0. The Hall–Kier alpha value is -4.45. The second kappa shape index (κ2) is 9.66. The van der Waals surface area contributed by atoms with E-state index in [0.29, 0.717) is 40.3 Å². The molecule has 0 N–H and O–H groups in total. The van der Waals surface area contributed by atoms with Gasteiger partial charge in [-0.15, -0.1) is 0 Å². The molecule has 1 unspecified atom stereocenters. The van der Waals surface area contributed by atoms with Crippen LogP contribution in [0.4, 0.5) is 0 Å². The van der Waals surface area contributed by atoms with Crippen molar-refractivity contribution in [2.24, 2.45) is 0 Å². The van der Waals surface area contributed by atoms with E-state index in [-0.39, 0.29) is 11.5 Å². The van der Waals surface area contributed by atoms with Gasteiger partial charge in [0.2, 0.25) is 0 Å². The quantitative estimate of drug-likeness (QED) is 0.311. The van der Waals surface area contributed by atoms with E-state index in [4.69, 9.17) is 9.72 Å². The summed E-state index contributed by atoms with van der Waals surface area (Å²) in [6, 6.07) is 27.7. The summed E-state index contributed by atoms with van der Waals surface area (Å²) in [7, 11) is 1.57. The minimum Gasteiger partial charge on any atom is -0.495 e. The second-order valence-electron chi connectivity index (χ2n) is 8.59. The Balaban J connectivity index is 1.71. The molecule has 0 aliphatic carbocycles. The smallest absolute Gasteiger partial charge is 0.266 e. The van der Waals surface area contributed by atoms with Crippen molar-refractivity contribution in [1.29, 1.82) is 0 Å². The van der Waals surface area contributed by atoms with Crippen molar-refractivity contribution >= 4 is 27.6 Å². The van der Waals surface area contributed by atoms with Gasteiger partial charge < -0.3 is 9.64 Å². The van der Waals surface area contributed by atoms with E-state index in [9.17, 15) is 9.59 Å². The molecule has 1 atom stereocenters. The van der Waals surface area contributed by atoms with Gasteiger partial charge in [0.05, 0.1) is 29.7 Å². The standard InChI is InChI=1S/C30H27N3O3/c1-4-32(29(34)23-16-11-13-21-12-5-6-14-22(21)23)20(2)28-31-25-17-8-7-15-24(25)30(35)33(28)26-18-9-10-19-27(26)36-3/h5-20H,4H2,1-3H3. The van der Waals surface area contributed by atoms with Gasteiger partial charge in [0.1, 0.15) is 11.6 Å². The number of ether oxygens (including phenoxy) is 1. The molecule has 6 heteroatoms. The Morgan fingerprint density at radius 2 is 1.58 bits per heavy atom. The van der Waals surface area contributed by atoms with Crippen molar-refractivity contribution in [3.05, 3.63) is 113 Å². The molecule has 36 heavy (non-hydrogen) atoms. The molecule has 5 aromatic rings. The lowest BCUT2D eigenvalue weighted by atomic mass is 10.0. The zero-order valence-corrected chi connectivity index (χ0v) is 20.5. The third kappa shape index (κ3) is 3.90. The van der Waals surface area contributed by atoms with Crippen LogP contribution in [-0.4, -0.2) is 34.0 Å². The van der Waals surface area contributed by atoms with E-state index in [0.717, 1.165) is 10.8 Å². The predicted molar refractivity (Wildman–Crippen MR) is 143 cm³/mol. The molecule has 4 aromatic carbocycles. The van der Waals surface area contributed by atoms with Crippen molar-refractivity contribution in [1.82, 2.24) is 14.5 Å². The fourth-order valence-corrected chi connectivity index (χ4v) is 4.78. The van der Waals surface area contributed by atoms with Crippen molar-refractivity contribution in [2.75, 3.05) is 13.7 Å². The highest BCUT2D eigenvalue weighted by atomic mass is 16.5. The number of aromatic nitrogens is 2. The van der Waals surface area contributed by atoms with Crippen LogP contribution in [0.15, 0.2) is 95.8 Å². The highest BCUT2D eigenvalue weighted by molar-refractivity contribution is 6.07. The number of nitrogens with zero attached hydrogens (tertiary/aromatic N) is 3. The van der Waals surface area contributed by atoms with Crippen molar-refractivity contribution in [3.63, 3.8) is 0 Å². The number of carbonyl (C=O) groups is 1. The van der Waals surface area contributed by atoms with Gasteiger partial charge in [0, 0.05) is 12.1 Å². The van der Waals surface area contributed by atoms with Gasteiger partial charge in [0.25, 0.3) is 11.5 Å². The third-order valence-electron chi connectivity index (χ3n) is 6.59. The van der Waals surface area contributed by atoms with Gasteiger partial charge in [-0.2, -0.15) is 0 Å². The van der Waals surface area contributed by atoms with Crippen LogP contribution >= 0.6 is 0 Å². The molecular weight excluding hydrogens is 450 g/mol. The molecule has 0 saturated carbocycles. The molecule has 0 spiro atoms. The minimum atomic E-state index is -0.497. The molecule has 0 aliphatic heterocycles. The largest absolute Gasteiger partial charge is 0.495 e. The third-order valence-corrected chi connectivity index (χ3v) is 6.59. The molecule has 1 aromatic heterocycles. The van der Waals surface area contributed by atoms with Crippen LogP contribution in [0.5, 0.6) is 5.75 Å². The number of carbonyl (C=O) groups excluding carboxylic acids is 1. The van der Waals surface area contributed by atoms with Gasteiger partial charge in [-0.3, -0.25) is 14.2 Å². The lowest BCUT2D eigenvalue weighted by molar-refractivity contribution is 0.0695. The first-order chi connectivity index (χ1) is 17.5. The van der Waals surface area contributed by atoms with Crippen LogP contribution in [0.2, 0.25) is 0 Å². The Kier molecular flexibility index (Phi) is 6.25. The van der Waals surface area contributed by atoms with E-state index in [1.165, 1.54) is 0 Å². The summed E-state index contributed by atoms with van der Waals surface area (Å²) in [5.74, 6) is 0.906. The number of benzene rings is 4. The topological polar surface area (TPSA) is 64.4 Å². The lowest BCUT2D eigenvalue weighted by Crippen LogP contribution is -2.37. The molecule has 6 nitrogen and oxygen atoms in total. The van der Waals surface area contributed by atoms with Gasteiger partial charge in [-0.1, -0.05) is 60.7 Å². The monoisotopic (exact) mass is 477 g/mol. The number of rotatable bonds is 6. The Labute approximate surface area is 209 Å². The normalized spacial score (nSPS) is 12.0. The fourth-order valence-electron chi connectivity index (χ4n) is 4.78. The Bertz CT molecular complexity index is 1640. The zero-order valence-electron chi connectivity index (χ0n) is 20.5. The van der Waals surface area contributed by atoms with E-state index < -0.39 is 6.04 Å². The molecule has 0 fully saturated rings. The van der Waals surface area contributed by atoms with Gasteiger partial charge in [0.15, 0.2) is 0 Å². The van der Waals surface area contributed by atoms with E-state index in [1.54, 1.807) is 22.6 Å². The average molecular weight is 478 g/mol. The highest BCUT2D eigenvalue weighted by Gasteiger charge is 2.28. The Morgan fingerprint density at radius 1 is 0.917 bits per heavy atom. The molecular formula is C30H27N3O3. The van der Waals surface area contributed by atoms with E-state index in [1.807, 2.05) is 98.8 Å². The van der Waals surface area contributed by atoms with Gasteiger partial charge in [-0.25, -0.2) is 4.98 Å². The molecule has 0 bridgehead atoms. The lowest BCUT2D eigenvalue weighted by Gasteiger charge is -2.30. The van der Waals surface area contributed by atoms with Crippen molar-refractivity contribution in [2.45, 2.75) is 19.9 Å². The van der Waals surface area contributed by atoms with Crippen molar-refractivity contribution < 1.29 is 9.53 Å². The molecule has 180 valence electrons. The maximum Gasteiger partial charge on any atom is 0.266 e. The maximum atomic E-state index is 13.9. The van der Waals surface area contributed by atoms with Crippen molar-refractivity contribution in [3.8, 4) is 11.4 Å². The van der Waals surface area contributed by atoms with E-state index in [2.05, 4.69) is 0 Å². The molecule has 1 heterocycles. The van der Waals surface area contributed by atoms with Gasteiger partial charge in [-0.05, 0) is 55.0 Å². The Morgan fingerprint density at radius 3 is 2.36 bits per heavy atom. The SMILES string of the molecule is CCN(C(=O)c1cccc2ccccc12)C(C)c1nc2ccccc2c(=O)n1-c1ccccc1OC. The molecule has 0 aliphatic rings. The predicted octanol–water partition coefficient (Wildman–Crippen LogP) is 5.77. The average Bonchev–Trinajstić information content (AvgIpc) is 2.93. The summed E-state index contributed by atoms with van der Waals surface area (Å²) < 4.78 is 7.16. The highest BCUT2D eigenvalue weighted by Crippen LogP contribution is 2.29.